The summed E-state index contributed by atoms with van der Waals surface area (Å²) in [7, 11) is -2.37. The first-order chi connectivity index (χ1) is 19.2. The lowest BCUT2D eigenvalue weighted by Gasteiger charge is -2.17. The first-order valence-electron chi connectivity index (χ1n) is 13.1. The first kappa shape index (κ1) is 29.1. The molecule has 4 rings (SSSR count). The van der Waals surface area contributed by atoms with Gasteiger partial charge in [-0.25, -0.2) is 8.42 Å². The third-order valence-electron chi connectivity index (χ3n) is 6.61. The number of anilines is 1. The Hall–Kier alpha value is -3.89. The molecule has 0 bridgehead atoms. The van der Waals surface area contributed by atoms with Crippen molar-refractivity contribution in [3.63, 3.8) is 0 Å². The number of ether oxygens (including phenoxy) is 3. The highest BCUT2D eigenvalue weighted by molar-refractivity contribution is 7.92. The van der Waals surface area contributed by atoms with Crippen LogP contribution >= 0.6 is 0 Å². The minimum atomic E-state index is -3.97. The number of nitrogens with zero attached hydrogens (tertiary/aromatic N) is 2. The molecule has 0 amide bonds. The molecule has 2 aromatic carbocycles. The predicted octanol–water partition coefficient (Wildman–Crippen LogP) is 6.15. The summed E-state index contributed by atoms with van der Waals surface area (Å²) in [6.45, 7) is 10.4. The highest BCUT2D eigenvalue weighted by Crippen LogP contribution is 2.34. The fourth-order valence-corrected chi connectivity index (χ4v) is 5.62. The van der Waals surface area contributed by atoms with E-state index < -0.39 is 10.0 Å². The van der Waals surface area contributed by atoms with E-state index in [-0.39, 0.29) is 17.3 Å². The van der Waals surface area contributed by atoms with Gasteiger partial charge in [0.25, 0.3) is 10.0 Å². The molecule has 2 aromatic heterocycles. The Kier molecular flexibility index (Phi) is 9.11. The monoisotopic (exact) mass is 565 g/mol. The lowest BCUT2D eigenvalue weighted by atomic mass is 9.98. The molecular weight excluding hydrogens is 530 g/mol. The van der Waals surface area contributed by atoms with E-state index in [9.17, 15) is 8.42 Å². The second kappa shape index (κ2) is 12.5. The van der Waals surface area contributed by atoms with Gasteiger partial charge in [0.15, 0.2) is 17.3 Å². The largest absolute Gasteiger partial charge is 0.491 e. The van der Waals surface area contributed by atoms with Crippen molar-refractivity contribution >= 4 is 15.8 Å². The zero-order chi connectivity index (χ0) is 28.9. The molecule has 10 heteroatoms. The Morgan fingerprint density at radius 2 is 1.75 bits per heavy atom. The van der Waals surface area contributed by atoms with Crippen LogP contribution in [0.1, 0.15) is 47.7 Å². The minimum Gasteiger partial charge on any atom is -0.491 e. The minimum absolute atomic E-state index is 0.126. The van der Waals surface area contributed by atoms with Crippen LogP contribution in [0.4, 0.5) is 5.82 Å². The molecule has 1 N–H and O–H groups in total. The number of pyridine rings is 1. The fourth-order valence-electron chi connectivity index (χ4n) is 4.34. The van der Waals surface area contributed by atoms with E-state index in [1.165, 1.54) is 0 Å². The molecule has 4 aromatic rings. The molecule has 0 saturated heterocycles. The van der Waals surface area contributed by atoms with Crippen molar-refractivity contribution in [1.29, 1.82) is 0 Å². The van der Waals surface area contributed by atoms with Crippen molar-refractivity contribution in [2.75, 3.05) is 18.4 Å². The van der Waals surface area contributed by atoms with Crippen molar-refractivity contribution in [1.82, 2.24) is 10.1 Å². The fraction of sp³-hybridized carbons (Fsp3) is 0.333. The molecule has 0 aliphatic rings. The Morgan fingerprint density at radius 1 is 0.975 bits per heavy atom. The van der Waals surface area contributed by atoms with Gasteiger partial charge in [-0.2, -0.15) is 0 Å². The average molecular weight is 566 g/mol. The van der Waals surface area contributed by atoms with Gasteiger partial charge in [0.05, 0.1) is 24.3 Å². The number of hydrogen-bond acceptors (Lipinski definition) is 8. The Morgan fingerprint density at radius 3 is 2.42 bits per heavy atom. The molecule has 0 aliphatic carbocycles. The van der Waals surface area contributed by atoms with Gasteiger partial charge in [0.2, 0.25) is 0 Å². The zero-order valence-corrected chi connectivity index (χ0v) is 24.5. The van der Waals surface area contributed by atoms with Gasteiger partial charge in [-0.15, -0.1) is 0 Å². The van der Waals surface area contributed by atoms with Gasteiger partial charge in [0, 0.05) is 29.5 Å². The highest BCUT2D eigenvalue weighted by Gasteiger charge is 2.23. The van der Waals surface area contributed by atoms with Gasteiger partial charge in [0.1, 0.15) is 12.4 Å². The second-order valence-electron chi connectivity index (χ2n) is 9.32. The lowest BCUT2D eigenvalue weighted by molar-refractivity contribution is 0.134. The van der Waals surface area contributed by atoms with Crippen molar-refractivity contribution in [3.8, 4) is 22.6 Å². The topological polar surface area (TPSA) is 113 Å². The smallest absolute Gasteiger partial charge is 0.263 e. The summed E-state index contributed by atoms with van der Waals surface area (Å²) in [5.74, 6) is 1.95. The Bertz CT molecular complexity index is 1600. The number of sulfonamides is 1. The summed E-state index contributed by atoms with van der Waals surface area (Å²) in [5.41, 5.74) is 5.36. The van der Waals surface area contributed by atoms with Crippen LogP contribution in [0.2, 0.25) is 0 Å². The van der Waals surface area contributed by atoms with Crippen molar-refractivity contribution in [2.24, 2.45) is 0 Å². The number of rotatable bonds is 12. The van der Waals surface area contributed by atoms with Gasteiger partial charge >= 0.3 is 0 Å². The number of aromatic nitrogens is 2. The number of benzene rings is 2. The standard InChI is InChI=1S/C30H35N3O6S/c1-7-24-16-27(29(36-6)20(4)31-24)38-17-22-13-14-25(23(15-22)18-37-8-2)26-11-9-10-12-28(26)40(34,35)33-30-19(3)21(5)39-32-30/h9-16H,7-8,17-18H2,1-6H3,(H,32,33). The zero-order valence-electron chi connectivity index (χ0n) is 23.7. The van der Waals surface area contributed by atoms with Crippen LogP contribution < -0.4 is 14.2 Å². The number of hydrogen-bond donors (Lipinski definition) is 1. The molecule has 0 unspecified atom stereocenters. The van der Waals surface area contributed by atoms with E-state index in [4.69, 9.17) is 18.7 Å². The van der Waals surface area contributed by atoms with Gasteiger partial charge in [-0.1, -0.05) is 42.4 Å². The summed E-state index contributed by atoms with van der Waals surface area (Å²) in [5, 5.41) is 3.86. The van der Waals surface area contributed by atoms with Crippen molar-refractivity contribution < 1.29 is 27.2 Å². The molecule has 9 nitrogen and oxygen atoms in total. The summed E-state index contributed by atoms with van der Waals surface area (Å²) >= 11 is 0. The molecule has 2 heterocycles. The lowest BCUT2D eigenvalue weighted by Crippen LogP contribution is -2.15. The van der Waals surface area contributed by atoms with E-state index >= 15 is 0 Å². The Labute approximate surface area is 235 Å². The number of methoxy groups -OCH3 is 1. The van der Waals surface area contributed by atoms with E-state index in [0.717, 1.165) is 34.5 Å². The normalized spacial score (nSPS) is 11.4. The molecule has 212 valence electrons. The first-order valence-corrected chi connectivity index (χ1v) is 14.6. The van der Waals surface area contributed by atoms with E-state index in [0.29, 0.717) is 41.6 Å². The van der Waals surface area contributed by atoms with Crippen LogP contribution in [0.15, 0.2) is 57.9 Å². The molecule has 0 radical (unpaired) electrons. The maximum Gasteiger partial charge on any atom is 0.263 e. The predicted molar refractivity (Wildman–Crippen MR) is 153 cm³/mol. The molecule has 0 saturated carbocycles. The quantitative estimate of drug-likeness (QED) is 0.218. The number of nitrogens with one attached hydrogen (secondary N) is 1. The van der Waals surface area contributed by atoms with Crippen LogP contribution in [0.25, 0.3) is 11.1 Å². The molecule has 0 atom stereocenters. The summed E-state index contributed by atoms with van der Waals surface area (Å²) in [6, 6.07) is 14.6. The number of aryl methyl sites for hydroxylation is 3. The SMILES string of the molecule is CCOCc1cc(COc2cc(CC)nc(C)c2OC)ccc1-c1ccccc1S(=O)(=O)Nc1noc(C)c1C. The Balaban J connectivity index is 1.69. The average Bonchev–Trinajstić information content (AvgIpc) is 3.26. The van der Waals surface area contributed by atoms with Crippen LogP contribution in [0.5, 0.6) is 11.5 Å². The molecule has 0 fully saturated rings. The van der Waals surface area contributed by atoms with E-state index in [1.54, 1.807) is 39.2 Å². The van der Waals surface area contributed by atoms with Crippen molar-refractivity contribution in [2.45, 2.75) is 59.1 Å². The molecular formula is C30H35N3O6S. The van der Waals surface area contributed by atoms with Crippen molar-refractivity contribution in [3.05, 3.63) is 82.4 Å². The van der Waals surface area contributed by atoms with Crippen LogP contribution in [0, 0.1) is 20.8 Å². The third-order valence-corrected chi connectivity index (χ3v) is 8.01. The van der Waals surface area contributed by atoms with Gasteiger partial charge in [-0.3, -0.25) is 9.71 Å². The molecule has 0 spiro atoms. The van der Waals surface area contributed by atoms with E-state index in [1.807, 2.05) is 51.1 Å². The highest BCUT2D eigenvalue weighted by atomic mass is 32.2. The van der Waals surface area contributed by atoms with Crippen LogP contribution in [-0.4, -0.2) is 32.3 Å². The third kappa shape index (κ3) is 6.29. The summed E-state index contributed by atoms with van der Waals surface area (Å²) < 4.78 is 52.2. The van der Waals surface area contributed by atoms with Crippen LogP contribution in [0.3, 0.4) is 0 Å². The molecule has 0 aliphatic heterocycles. The maximum absolute atomic E-state index is 13.5. The maximum atomic E-state index is 13.5. The van der Waals surface area contributed by atoms with Gasteiger partial charge < -0.3 is 18.7 Å². The summed E-state index contributed by atoms with van der Waals surface area (Å²) in [6.07, 6.45) is 0.779. The van der Waals surface area contributed by atoms with Crippen LogP contribution in [-0.2, 0) is 34.4 Å². The second-order valence-corrected chi connectivity index (χ2v) is 11.0. The van der Waals surface area contributed by atoms with Gasteiger partial charge in [-0.05, 0) is 62.9 Å². The molecule has 40 heavy (non-hydrogen) atoms. The summed E-state index contributed by atoms with van der Waals surface area (Å²) in [4.78, 5) is 4.67. The van der Waals surface area contributed by atoms with E-state index in [2.05, 4.69) is 14.9 Å².